The molecule has 0 spiro atoms. The van der Waals surface area contributed by atoms with E-state index in [1.54, 1.807) is 13.0 Å². The first-order chi connectivity index (χ1) is 10.0. The average Bonchev–Trinajstić information content (AvgIpc) is 2.47. The van der Waals surface area contributed by atoms with Gasteiger partial charge in [0.25, 0.3) is 0 Å². The molecule has 5 heteroatoms. The molecule has 0 atom stereocenters. The summed E-state index contributed by atoms with van der Waals surface area (Å²) < 4.78 is 36.7. The van der Waals surface area contributed by atoms with Crippen molar-refractivity contribution in [1.29, 1.82) is 0 Å². The molecule has 2 aromatic rings. The monoisotopic (exact) mass is 292 g/mol. The van der Waals surface area contributed by atoms with Gasteiger partial charge in [0.1, 0.15) is 23.1 Å². The van der Waals surface area contributed by atoms with E-state index in [1.165, 1.54) is 31.4 Å². The molecule has 110 valence electrons. The van der Waals surface area contributed by atoms with Crippen molar-refractivity contribution in [2.24, 2.45) is 0 Å². The summed E-state index contributed by atoms with van der Waals surface area (Å²) in [5.74, 6) is -0.901. The maximum absolute atomic E-state index is 13.2. The molecule has 0 saturated heterocycles. The molecule has 0 heterocycles. The van der Waals surface area contributed by atoms with E-state index in [4.69, 9.17) is 9.47 Å². The standard InChI is InChI=1S/C16H14F2O3/c1-10-3-4-12(18)8-16(10)21-9-14(19)13-7-11(17)5-6-15(13)20-2/h3-8H,9H2,1-2H3. The fraction of sp³-hybridized carbons (Fsp3) is 0.188. The Hall–Kier alpha value is -2.43. The van der Waals surface area contributed by atoms with Crippen LogP contribution in [0.4, 0.5) is 8.78 Å². The lowest BCUT2D eigenvalue weighted by molar-refractivity contribution is 0.0917. The Morgan fingerprint density at radius 1 is 1.05 bits per heavy atom. The second kappa shape index (κ2) is 6.35. The Labute approximate surface area is 121 Å². The molecular formula is C16H14F2O3. The minimum atomic E-state index is -0.541. The van der Waals surface area contributed by atoms with Gasteiger partial charge in [0.2, 0.25) is 5.78 Å². The number of rotatable bonds is 5. The third-order valence-corrected chi connectivity index (χ3v) is 2.97. The van der Waals surface area contributed by atoms with Crippen molar-refractivity contribution in [3.63, 3.8) is 0 Å². The van der Waals surface area contributed by atoms with Gasteiger partial charge in [-0.3, -0.25) is 4.79 Å². The molecule has 0 N–H and O–H groups in total. The van der Waals surface area contributed by atoms with Gasteiger partial charge in [-0.2, -0.15) is 0 Å². The van der Waals surface area contributed by atoms with Gasteiger partial charge in [-0.25, -0.2) is 8.78 Å². The van der Waals surface area contributed by atoms with E-state index in [9.17, 15) is 13.6 Å². The van der Waals surface area contributed by atoms with Crippen LogP contribution in [-0.4, -0.2) is 19.5 Å². The highest BCUT2D eigenvalue weighted by molar-refractivity contribution is 5.99. The summed E-state index contributed by atoms with van der Waals surface area (Å²) >= 11 is 0. The van der Waals surface area contributed by atoms with Gasteiger partial charge in [-0.1, -0.05) is 6.07 Å². The highest BCUT2D eigenvalue weighted by atomic mass is 19.1. The van der Waals surface area contributed by atoms with Crippen LogP contribution >= 0.6 is 0 Å². The molecule has 0 unspecified atom stereocenters. The fourth-order valence-electron chi connectivity index (χ4n) is 1.85. The van der Waals surface area contributed by atoms with Crippen LogP contribution in [0, 0.1) is 18.6 Å². The number of aryl methyl sites for hydroxylation is 1. The molecular weight excluding hydrogens is 278 g/mol. The molecule has 2 rings (SSSR count). The van der Waals surface area contributed by atoms with Gasteiger partial charge in [-0.15, -0.1) is 0 Å². The number of hydrogen-bond acceptors (Lipinski definition) is 3. The molecule has 0 aromatic heterocycles. The average molecular weight is 292 g/mol. The summed E-state index contributed by atoms with van der Waals surface area (Å²) in [6.45, 7) is 1.41. The van der Waals surface area contributed by atoms with Crippen molar-refractivity contribution in [2.45, 2.75) is 6.92 Å². The number of ketones is 1. The summed E-state index contributed by atoms with van der Waals surface area (Å²) in [4.78, 5) is 12.1. The highest BCUT2D eigenvalue weighted by Gasteiger charge is 2.15. The van der Waals surface area contributed by atoms with Crippen LogP contribution < -0.4 is 9.47 Å². The summed E-state index contributed by atoms with van der Waals surface area (Å²) in [6, 6.07) is 7.72. The molecule has 0 aliphatic rings. The van der Waals surface area contributed by atoms with Crippen LogP contribution in [0.5, 0.6) is 11.5 Å². The molecule has 0 radical (unpaired) electrons. The first-order valence-corrected chi connectivity index (χ1v) is 6.27. The number of halogens is 2. The van der Waals surface area contributed by atoms with Crippen molar-refractivity contribution >= 4 is 5.78 Å². The first kappa shape index (κ1) is 15.0. The number of hydrogen-bond donors (Lipinski definition) is 0. The van der Waals surface area contributed by atoms with Gasteiger partial charge in [0.15, 0.2) is 6.61 Å². The van der Waals surface area contributed by atoms with Gasteiger partial charge in [0.05, 0.1) is 12.7 Å². The molecule has 0 saturated carbocycles. The molecule has 0 aliphatic heterocycles. The smallest absolute Gasteiger partial charge is 0.204 e. The van der Waals surface area contributed by atoms with E-state index in [0.717, 1.165) is 6.07 Å². The van der Waals surface area contributed by atoms with Crippen molar-refractivity contribution in [1.82, 2.24) is 0 Å². The van der Waals surface area contributed by atoms with Gasteiger partial charge >= 0.3 is 0 Å². The summed E-state index contributed by atoms with van der Waals surface area (Å²) in [6.07, 6.45) is 0. The first-order valence-electron chi connectivity index (χ1n) is 6.27. The lowest BCUT2D eigenvalue weighted by Gasteiger charge is -2.10. The van der Waals surface area contributed by atoms with E-state index in [1.807, 2.05) is 0 Å². The predicted octanol–water partition coefficient (Wildman–Crippen LogP) is 3.54. The van der Waals surface area contributed by atoms with Gasteiger partial charge < -0.3 is 9.47 Å². The van der Waals surface area contributed by atoms with E-state index in [0.29, 0.717) is 5.56 Å². The number of carbonyl (C=O) groups excluding carboxylic acids is 1. The maximum atomic E-state index is 13.2. The molecule has 21 heavy (non-hydrogen) atoms. The Balaban J connectivity index is 2.15. The van der Waals surface area contributed by atoms with Crippen LogP contribution in [-0.2, 0) is 0 Å². The lowest BCUT2D eigenvalue weighted by atomic mass is 10.1. The van der Waals surface area contributed by atoms with Crippen molar-refractivity contribution in [2.75, 3.05) is 13.7 Å². The van der Waals surface area contributed by atoms with E-state index in [2.05, 4.69) is 0 Å². The summed E-state index contributed by atoms with van der Waals surface area (Å²) in [5.41, 5.74) is 0.793. The van der Waals surface area contributed by atoms with Crippen LogP contribution in [0.1, 0.15) is 15.9 Å². The Bertz CT molecular complexity index is 669. The van der Waals surface area contributed by atoms with Crippen molar-refractivity contribution in [3.05, 3.63) is 59.2 Å². The topological polar surface area (TPSA) is 35.5 Å². The van der Waals surface area contributed by atoms with Gasteiger partial charge in [0, 0.05) is 6.07 Å². The largest absolute Gasteiger partial charge is 0.496 e. The summed E-state index contributed by atoms with van der Waals surface area (Å²) in [5, 5.41) is 0. The molecule has 0 aliphatic carbocycles. The van der Waals surface area contributed by atoms with Gasteiger partial charge in [-0.05, 0) is 36.8 Å². The summed E-state index contributed by atoms with van der Waals surface area (Å²) in [7, 11) is 1.39. The Morgan fingerprint density at radius 3 is 2.43 bits per heavy atom. The zero-order valence-corrected chi connectivity index (χ0v) is 11.7. The normalized spacial score (nSPS) is 10.3. The number of benzene rings is 2. The second-order valence-corrected chi connectivity index (χ2v) is 4.47. The molecule has 0 amide bonds. The molecule has 0 fully saturated rings. The third kappa shape index (κ3) is 3.56. The number of ether oxygens (including phenoxy) is 2. The van der Waals surface area contributed by atoms with E-state index < -0.39 is 17.4 Å². The van der Waals surface area contributed by atoms with Crippen LogP contribution in [0.2, 0.25) is 0 Å². The quantitative estimate of drug-likeness (QED) is 0.791. The third-order valence-electron chi connectivity index (χ3n) is 2.97. The Kier molecular flexibility index (Phi) is 4.52. The molecule has 2 aromatic carbocycles. The van der Waals surface area contributed by atoms with Crippen LogP contribution in [0.3, 0.4) is 0 Å². The van der Waals surface area contributed by atoms with Crippen molar-refractivity contribution < 1.29 is 23.0 Å². The number of carbonyl (C=O) groups is 1. The maximum Gasteiger partial charge on any atom is 0.204 e. The predicted molar refractivity (Wildman–Crippen MR) is 73.9 cm³/mol. The molecule has 0 bridgehead atoms. The fourth-order valence-corrected chi connectivity index (χ4v) is 1.85. The SMILES string of the molecule is COc1ccc(F)cc1C(=O)COc1cc(F)ccc1C. The molecule has 3 nitrogen and oxygen atoms in total. The highest BCUT2D eigenvalue weighted by Crippen LogP contribution is 2.22. The zero-order valence-electron chi connectivity index (χ0n) is 11.7. The minimum absolute atomic E-state index is 0.0894. The minimum Gasteiger partial charge on any atom is -0.496 e. The zero-order chi connectivity index (χ0) is 15.4. The van der Waals surface area contributed by atoms with E-state index >= 15 is 0 Å². The van der Waals surface area contributed by atoms with E-state index in [-0.39, 0.29) is 23.7 Å². The number of Topliss-reactive ketones (excluding diaryl/α,β-unsaturated/α-hetero) is 1. The number of methoxy groups -OCH3 is 1. The van der Waals surface area contributed by atoms with Crippen molar-refractivity contribution in [3.8, 4) is 11.5 Å². The Morgan fingerprint density at radius 2 is 1.71 bits per heavy atom. The lowest BCUT2D eigenvalue weighted by Crippen LogP contribution is -2.13. The van der Waals surface area contributed by atoms with Crippen LogP contribution in [0.15, 0.2) is 36.4 Å². The van der Waals surface area contributed by atoms with Crippen LogP contribution in [0.25, 0.3) is 0 Å². The second-order valence-electron chi connectivity index (χ2n) is 4.47.